The van der Waals surface area contributed by atoms with E-state index in [1.54, 1.807) is 0 Å². The summed E-state index contributed by atoms with van der Waals surface area (Å²) in [4.78, 5) is 12.2. The summed E-state index contributed by atoms with van der Waals surface area (Å²) < 4.78 is 0. The van der Waals surface area contributed by atoms with Crippen molar-refractivity contribution in [2.75, 3.05) is 0 Å². The molecule has 1 aromatic rings. The summed E-state index contributed by atoms with van der Waals surface area (Å²) in [5, 5.41) is 0. The van der Waals surface area contributed by atoms with Gasteiger partial charge in [0, 0.05) is 11.5 Å². The highest BCUT2D eigenvalue weighted by Crippen LogP contribution is 2.36. The SMILES string of the molecule is CC(C)C(C)C(=O)c1ccc(C2CCC2)cc1. The molecular formula is C16H22O. The number of hydrogen-bond acceptors (Lipinski definition) is 1. The second-order valence-corrected chi connectivity index (χ2v) is 5.65. The fourth-order valence-electron chi connectivity index (χ4n) is 2.23. The van der Waals surface area contributed by atoms with Crippen LogP contribution in [0.4, 0.5) is 0 Å². The van der Waals surface area contributed by atoms with Crippen molar-refractivity contribution in [1.82, 2.24) is 0 Å². The average molecular weight is 230 g/mol. The molecule has 1 unspecified atom stereocenters. The molecule has 0 aliphatic heterocycles. The number of hydrogen-bond donors (Lipinski definition) is 0. The smallest absolute Gasteiger partial charge is 0.165 e. The van der Waals surface area contributed by atoms with Crippen LogP contribution in [0.2, 0.25) is 0 Å². The second kappa shape index (κ2) is 5.03. The van der Waals surface area contributed by atoms with Gasteiger partial charge in [0.15, 0.2) is 5.78 Å². The lowest BCUT2D eigenvalue weighted by molar-refractivity contribution is 0.0899. The van der Waals surface area contributed by atoms with Crippen molar-refractivity contribution in [3.63, 3.8) is 0 Å². The van der Waals surface area contributed by atoms with Crippen LogP contribution in [0.25, 0.3) is 0 Å². The summed E-state index contributed by atoms with van der Waals surface area (Å²) in [5.41, 5.74) is 2.28. The molecule has 0 bridgehead atoms. The van der Waals surface area contributed by atoms with E-state index in [2.05, 4.69) is 26.0 Å². The Kier molecular flexibility index (Phi) is 3.66. The number of carbonyl (C=O) groups excluding carboxylic acids is 1. The normalized spacial score (nSPS) is 17.9. The first-order valence-electron chi connectivity index (χ1n) is 6.73. The molecule has 17 heavy (non-hydrogen) atoms. The predicted octanol–water partition coefficient (Wildman–Crippen LogP) is 4.43. The van der Waals surface area contributed by atoms with Crippen LogP contribution in [0.15, 0.2) is 24.3 Å². The lowest BCUT2D eigenvalue weighted by Gasteiger charge is -2.26. The molecule has 0 radical (unpaired) electrons. The molecule has 1 fully saturated rings. The summed E-state index contributed by atoms with van der Waals surface area (Å²) in [6.07, 6.45) is 3.99. The Balaban J connectivity index is 2.09. The zero-order valence-corrected chi connectivity index (χ0v) is 11.1. The van der Waals surface area contributed by atoms with Gasteiger partial charge in [0.1, 0.15) is 0 Å². The van der Waals surface area contributed by atoms with Crippen LogP contribution in [-0.2, 0) is 0 Å². The van der Waals surface area contributed by atoms with E-state index in [1.165, 1.54) is 24.8 Å². The zero-order valence-electron chi connectivity index (χ0n) is 11.1. The maximum atomic E-state index is 12.2. The van der Waals surface area contributed by atoms with Crippen molar-refractivity contribution in [3.05, 3.63) is 35.4 Å². The van der Waals surface area contributed by atoms with Gasteiger partial charge < -0.3 is 0 Å². The first kappa shape index (κ1) is 12.3. The van der Waals surface area contributed by atoms with E-state index in [1.807, 2.05) is 19.1 Å². The molecule has 0 amide bonds. The summed E-state index contributed by atoms with van der Waals surface area (Å²) in [6, 6.07) is 8.30. The maximum absolute atomic E-state index is 12.2. The molecule has 92 valence electrons. The van der Waals surface area contributed by atoms with Crippen LogP contribution in [0.1, 0.15) is 61.9 Å². The minimum atomic E-state index is 0.115. The van der Waals surface area contributed by atoms with Crippen LogP contribution in [0, 0.1) is 11.8 Å². The fraction of sp³-hybridized carbons (Fsp3) is 0.562. The van der Waals surface area contributed by atoms with Crippen molar-refractivity contribution < 1.29 is 4.79 Å². The lowest BCUT2D eigenvalue weighted by Crippen LogP contribution is -2.17. The predicted molar refractivity (Wildman–Crippen MR) is 71.4 cm³/mol. The van der Waals surface area contributed by atoms with Gasteiger partial charge in [-0.15, -0.1) is 0 Å². The van der Waals surface area contributed by atoms with Gasteiger partial charge in [-0.1, -0.05) is 51.5 Å². The molecule has 1 aliphatic rings. The summed E-state index contributed by atoms with van der Waals surface area (Å²) in [5.74, 6) is 1.56. The van der Waals surface area contributed by atoms with Crippen LogP contribution in [0.3, 0.4) is 0 Å². The molecule has 0 spiro atoms. The number of ketones is 1. The zero-order chi connectivity index (χ0) is 12.4. The molecular weight excluding hydrogens is 208 g/mol. The molecule has 1 atom stereocenters. The lowest BCUT2D eigenvalue weighted by atomic mass is 9.79. The van der Waals surface area contributed by atoms with Crippen LogP contribution < -0.4 is 0 Å². The van der Waals surface area contributed by atoms with Gasteiger partial charge in [-0.25, -0.2) is 0 Å². The monoisotopic (exact) mass is 230 g/mol. The topological polar surface area (TPSA) is 17.1 Å². The van der Waals surface area contributed by atoms with Gasteiger partial charge >= 0.3 is 0 Å². The van der Waals surface area contributed by atoms with E-state index in [0.717, 1.165) is 11.5 Å². The van der Waals surface area contributed by atoms with Crippen LogP contribution >= 0.6 is 0 Å². The van der Waals surface area contributed by atoms with Gasteiger partial charge in [-0.2, -0.15) is 0 Å². The van der Waals surface area contributed by atoms with Crippen molar-refractivity contribution in [3.8, 4) is 0 Å². The van der Waals surface area contributed by atoms with Crippen molar-refractivity contribution in [2.24, 2.45) is 11.8 Å². The van der Waals surface area contributed by atoms with Crippen LogP contribution in [0.5, 0.6) is 0 Å². The molecule has 1 heteroatoms. The molecule has 2 rings (SSSR count). The number of rotatable bonds is 4. The third-order valence-corrected chi connectivity index (χ3v) is 4.19. The first-order chi connectivity index (χ1) is 8.09. The maximum Gasteiger partial charge on any atom is 0.165 e. The Hall–Kier alpha value is -1.11. The molecule has 0 heterocycles. The quantitative estimate of drug-likeness (QED) is 0.699. The van der Waals surface area contributed by atoms with Gasteiger partial charge in [-0.3, -0.25) is 4.79 Å². The molecule has 0 saturated heterocycles. The molecule has 1 nitrogen and oxygen atoms in total. The van der Waals surface area contributed by atoms with E-state index in [4.69, 9.17) is 0 Å². The first-order valence-corrected chi connectivity index (χ1v) is 6.73. The van der Waals surface area contributed by atoms with Crippen molar-refractivity contribution in [2.45, 2.75) is 46.0 Å². The number of carbonyl (C=O) groups is 1. The Labute approximate surface area is 104 Å². The van der Waals surface area contributed by atoms with E-state index in [9.17, 15) is 4.79 Å². The third-order valence-electron chi connectivity index (χ3n) is 4.19. The number of Topliss-reactive ketones (excluding diaryl/α,β-unsaturated/α-hetero) is 1. The minimum Gasteiger partial charge on any atom is -0.294 e. The molecule has 1 aliphatic carbocycles. The van der Waals surface area contributed by atoms with E-state index in [-0.39, 0.29) is 11.7 Å². The average Bonchev–Trinajstić information content (AvgIpc) is 2.25. The van der Waals surface area contributed by atoms with E-state index >= 15 is 0 Å². The highest BCUT2D eigenvalue weighted by Gasteiger charge is 2.21. The Morgan fingerprint density at radius 3 is 2.12 bits per heavy atom. The van der Waals surface area contributed by atoms with Gasteiger partial charge in [0.05, 0.1) is 0 Å². The fourth-order valence-corrected chi connectivity index (χ4v) is 2.23. The molecule has 0 N–H and O–H groups in total. The van der Waals surface area contributed by atoms with Crippen LogP contribution in [-0.4, -0.2) is 5.78 Å². The van der Waals surface area contributed by atoms with Gasteiger partial charge in [0.25, 0.3) is 0 Å². The Bertz CT molecular complexity index is 384. The van der Waals surface area contributed by atoms with Crippen molar-refractivity contribution in [1.29, 1.82) is 0 Å². The highest BCUT2D eigenvalue weighted by molar-refractivity contribution is 5.97. The highest BCUT2D eigenvalue weighted by atomic mass is 16.1. The minimum absolute atomic E-state index is 0.115. The standard InChI is InChI=1S/C16H22O/c1-11(2)12(3)16(17)15-9-7-14(8-10-15)13-5-4-6-13/h7-13H,4-6H2,1-3H3. The molecule has 0 aromatic heterocycles. The Morgan fingerprint density at radius 2 is 1.71 bits per heavy atom. The van der Waals surface area contributed by atoms with Gasteiger partial charge in [-0.05, 0) is 30.2 Å². The van der Waals surface area contributed by atoms with Crippen molar-refractivity contribution >= 4 is 5.78 Å². The molecule has 1 aromatic carbocycles. The number of benzene rings is 1. The van der Waals surface area contributed by atoms with Gasteiger partial charge in [0.2, 0.25) is 0 Å². The van der Waals surface area contributed by atoms with E-state index < -0.39 is 0 Å². The third kappa shape index (κ3) is 2.59. The largest absolute Gasteiger partial charge is 0.294 e. The molecule has 1 saturated carbocycles. The Morgan fingerprint density at radius 1 is 1.12 bits per heavy atom. The summed E-state index contributed by atoms with van der Waals surface area (Å²) >= 11 is 0. The van der Waals surface area contributed by atoms with E-state index in [0.29, 0.717) is 5.92 Å². The second-order valence-electron chi connectivity index (χ2n) is 5.65. The summed E-state index contributed by atoms with van der Waals surface area (Å²) in [7, 11) is 0. The summed E-state index contributed by atoms with van der Waals surface area (Å²) in [6.45, 7) is 6.23.